The Kier molecular flexibility index (Phi) is 6.32. The predicted molar refractivity (Wildman–Crippen MR) is 121 cm³/mol. The van der Waals surface area contributed by atoms with Crippen LogP contribution in [0.4, 0.5) is 0 Å². The summed E-state index contributed by atoms with van der Waals surface area (Å²) in [5, 5.41) is 5.83. The number of rotatable bonds is 5. The minimum atomic E-state index is -0.473. The van der Waals surface area contributed by atoms with Crippen molar-refractivity contribution in [2.24, 2.45) is 0 Å². The van der Waals surface area contributed by atoms with Crippen LogP contribution in [-0.2, 0) is 11.3 Å². The monoisotopic (exact) mass is 487 g/mol. The van der Waals surface area contributed by atoms with Crippen LogP contribution in [0.5, 0.6) is 0 Å². The van der Waals surface area contributed by atoms with Gasteiger partial charge in [-0.1, -0.05) is 52.3 Å². The van der Waals surface area contributed by atoms with Crippen molar-refractivity contribution >= 4 is 50.8 Å². The standard InChI is InChI=1S/C21H18BrN3O2S2/c22-16-8-4-7-15(9-16)21(27)25-13-28-12-18(25)19(26)23-10-17-11-29-20(24-17)14-5-2-1-3-6-14/h1-9,11,18H,10,12-13H2,(H,23,26). The molecule has 2 heterocycles. The van der Waals surface area contributed by atoms with E-state index in [1.54, 1.807) is 40.1 Å². The van der Waals surface area contributed by atoms with Crippen molar-refractivity contribution in [3.05, 3.63) is 75.7 Å². The van der Waals surface area contributed by atoms with Gasteiger partial charge in [0.1, 0.15) is 11.0 Å². The molecule has 0 spiro atoms. The third kappa shape index (κ3) is 4.71. The Balaban J connectivity index is 1.39. The summed E-state index contributed by atoms with van der Waals surface area (Å²) in [5.41, 5.74) is 2.46. The Morgan fingerprint density at radius 1 is 1.17 bits per heavy atom. The fourth-order valence-electron chi connectivity index (χ4n) is 3.04. The van der Waals surface area contributed by atoms with Crippen LogP contribution in [-0.4, -0.2) is 39.4 Å². The summed E-state index contributed by atoms with van der Waals surface area (Å²) in [5.74, 6) is 0.833. The first-order chi connectivity index (χ1) is 14.1. The molecule has 5 nitrogen and oxygen atoms in total. The molecule has 1 N–H and O–H groups in total. The molecule has 3 aromatic rings. The van der Waals surface area contributed by atoms with Gasteiger partial charge in [-0.15, -0.1) is 23.1 Å². The van der Waals surface area contributed by atoms with E-state index in [0.29, 0.717) is 23.7 Å². The molecule has 29 heavy (non-hydrogen) atoms. The van der Waals surface area contributed by atoms with Crippen LogP contribution in [0.25, 0.3) is 10.6 Å². The van der Waals surface area contributed by atoms with Crippen molar-refractivity contribution < 1.29 is 9.59 Å². The van der Waals surface area contributed by atoms with Gasteiger partial charge in [0.2, 0.25) is 5.91 Å². The lowest BCUT2D eigenvalue weighted by Crippen LogP contribution is -2.47. The number of halogens is 1. The highest BCUT2D eigenvalue weighted by Gasteiger charge is 2.35. The van der Waals surface area contributed by atoms with E-state index in [0.717, 1.165) is 20.7 Å². The van der Waals surface area contributed by atoms with Crippen LogP contribution in [0.15, 0.2) is 64.5 Å². The topological polar surface area (TPSA) is 62.3 Å². The Morgan fingerprint density at radius 3 is 2.79 bits per heavy atom. The van der Waals surface area contributed by atoms with E-state index in [4.69, 9.17) is 0 Å². The maximum absolute atomic E-state index is 12.8. The molecule has 1 aliphatic rings. The second kappa shape index (κ2) is 9.11. The van der Waals surface area contributed by atoms with Gasteiger partial charge >= 0.3 is 0 Å². The minimum Gasteiger partial charge on any atom is -0.349 e. The van der Waals surface area contributed by atoms with E-state index in [1.165, 1.54) is 0 Å². The SMILES string of the molecule is O=C(NCc1csc(-c2ccccc2)n1)C1CSCN1C(=O)c1cccc(Br)c1. The van der Waals surface area contributed by atoms with Crippen LogP contribution in [0.1, 0.15) is 16.1 Å². The maximum Gasteiger partial charge on any atom is 0.255 e. The second-order valence-electron chi connectivity index (χ2n) is 6.53. The maximum atomic E-state index is 12.8. The van der Waals surface area contributed by atoms with Crippen molar-refractivity contribution in [1.82, 2.24) is 15.2 Å². The number of hydrogen-bond acceptors (Lipinski definition) is 5. The zero-order valence-electron chi connectivity index (χ0n) is 15.4. The molecule has 148 valence electrons. The van der Waals surface area contributed by atoms with Crippen molar-refractivity contribution in [1.29, 1.82) is 0 Å². The molecule has 1 unspecified atom stereocenters. The summed E-state index contributed by atoms with van der Waals surface area (Å²) < 4.78 is 0.842. The number of nitrogens with one attached hydrogen (secondary N) is 1. The molecule has 1 saturated heterocycles. The minimum absolute atomic E-state index is 0.128. The largest absolute Gasteiger partial charge is 0.349 e. The quantitative estimate of drug-likeness (QED) is 0.578. The summed E-state index contributed by atoms with van der Waals surface area (Å²) in [7, 11) is 0. The summed E-state index contributed by atoms with van der Waals surface area (Å²) in [4.78, 5) is 31.8. The summed E-state index contributed by atoms with van der Waals surface area (Å²) in [6.45, 7) is 0.349. The lowest BCUT2D eigenvalue weighted by molar-refractivity contribution is -0.124. The highest BCUT2D eigenvalue weighted by molar-refractivity contribution is 9.10. The lowest BCUT2D eigenvalue weighted by atomic mass is 10.1. The summed E-state index contributed by atoms with van der Waals surface area (Å²) in [6.07, 6.45) is 0. The highest BCUT2D eigenvalue weighted by Crippen LogP contribution is 2.25. The van der Waals surface area contributed by atoms with Crippen molar-refractivity contribution in [3.8, 4) is 10.6 Å². The number of carbonyl (C=O) groups excluding carboxylic acids is 2. The fourth-order valence-corrected chi connectivity index (χ4v) is 5.42. The summed E-state index contributed by atoms with van der Waals surface area (Å²) in [6, 6.07) is 16.7. The third-order valence-electron chi connectivity index (χ3n) is 4.53. The number of thioether (sulfide) groups is 1. The molecule has 0 radical (unpaired) electrons. The van der Waals surface area contributed by atoms with Crippen molar-refractivity contribution in [3.63, 3.8) is 0 Å². The zero-order valence-corrected chi connectivity index (χ0v) is 18.6. The van der Waals surface area contributed by atoms with Crippen LogP contribution in [0, 0.1) is 0 Å². The molecule has 0 saturated carbocycles. The van der Waals surface area contributed by atoms with Gasteiger partial charge in [-0.05, 0) is 18.2 Å². The van der Waals surface area contributed by atoms with Gasteiger partial charge < -0.3 is 10.2 Å². The summed E-state index contributed by atoms with van der Waals surface area (Å²) >= 11 is 6.53. The van der Waals surface area contributed by atoms with Crippen molar-refractivity contribution in [2.75, 3.05) is 11.6 Å². The van der Waals surface area contributed by atoms with Crippen LogP contribution in [0.2, 0.25) is 0 Å². The van der Waals surface area contributed by atoms with Gasteiger partial charge in [0, 0.05) is 26.7 Å². The normalized spacial score (nSPS) is 16.0. The molecule has 1 aliphatic heterocycles. The average molecular weight is 488 g/mol. The van der Waals surface area contributed by atoms with E-state index in [2.05, 4.69) is 26.2 Å². The molecule has 1 fully saturated rings. The molecular formula is C21H18BrN3O2S2. The highest BCUT2D eigenvalue weighted by atomic mass is 79.9. The first kappa shape index (κ1) is 20.1. The van der Waals surface area contributed by atoms with Crippen LogP contribution in [0.3, 0.4) is 0 Å². The lowest BCUT2D eigenvalue weighted by Gasteiger charge is -2.23. The van der Waals surface area contributed by atoms with Gasteiger partial charge in [0.25, 0.3) is 5.91 Å². The van der Waals surface area contributed by atoms with E-state index >= 15 is 0 Å². The first-order valence-electron chi connectivity index (χ1n) is 9.03. The molecular weight excluding hydrogens is 470 g/mol. The van der Waals surface area contributed by atoms with Crippen LogP contribution >= 0.6 is 39.0 Å². The molecule has 4 rings (SSSR count). The molecule has 2 amide bonds. The Hall–Kier alpha value is -2.16. The average Bonchev–Trinajstić information content (AvgIpc) is 3.42. The van der Waals surface area contributed by atoms with E-state index in [-0.39, 0.29) is 11.8 Å². The number of hydrogen-bond donors (Lipinski definition) is 1. The van der Waals surface area contributed by atoms with E-state index in [1.807, 2.05) is 47.8 Å². The third-order valence-corrected chi connectivity index (χ3v) is 6.98. The number of thiazole rings is 1. The Morgan fingerprint density at radius 2 is 2.00 bits per heavy atom. The molecule has 1 atom stereocenters. The molecule has 2 aromatic carbocycles. The molecule has 0 bridgehead atoms. The Labute approximate surface area is 185 Å². The van der Waals surface area contributed by atoms with Crippen molar-refractivity contribution in [2.45, 2.75) is 12.6 Å². The number of nitrogens with zero attached hydrogens (tertiary/aromatic N) is 2. The zero-order chi connectivity index (χ0) is 20.2. The smallest absolute Gasteiger partial charge is 0.255 e. The molecule has 0 aliphatic carbocycles. The van der Waals surface area contributed by atoms with Gasteiger partial charge in [0.05, 0.1) is 18.1 Å². The number of benzene rings is 2. The van der Waals surface area contributed by atoms with E-state index in [9.17, 15) is 9.59 Å². The second-order valence-corrected chi connectivity index (χ2v) is 9.30. The first-order valence-corrected chi connectivity index (χ1v) is 11.9. The predicted octanol–water partition coefficient (Wildman–Crippen LogP) is 4.40. The Bertz CT molecular complexity index is 1030. The number of carbonyl (C=O) groups is 2. The van der Waals surface area contributed by atoms with E-state index < -0.39 is 6.04 Å². The van der Waals surface area contributed by atoms with Gasteiger partial charge in [-0.25, -0.2) is 4.98 Å². The van der Waals surface area contributed by atoms with Crippen LogP contribution < -0.4 is 5.32 Å². The fraction of sp³-hybridized carbons (Fsp3) is 0.190. The van der Waals surface area contributed by atoms with Gasteiger partial charge in [-0.3, -0.25) is 9.59 Å². The molecule has 1 aromatic heterocycles. The van der Waals surface area contributed by atoms with Gasteiger partial charge in [0.15, 0.2) is 0 Å². The van der Waals surface area contributed by atoms with Gasteiger partial charge in [-0.2, -0.15) is 0 Å². The number of amides is 2. The number of aromatic nitrogens is 1. The molecule has 8 heteroatoms.